The lowest BCUT2D eigenvalue weighted by Crippen LogP contribution is -2.56. The number of carbonyl (C=O) groups excluding carboxylic acids is 2. The van der Waals surface area contributed by atoms with Gasteiger partial charge in [0.05, 0.1) is 18.7 Å². The van der Waals surface area contributed by atoms with E-state index in [0.29, 0.717) is 39.0 Å². The van der Waals surface area contributed by atoms with Crippen molar-refractivity contribution in [3.05, 3.63) is 0 Å². The molecule has 2 heterocycles. The van der Waals surface area contributed by atoms with Crippen molar-refractivity contribution >= 4 is 11.8 Å². The Morgan fingerprint density at radius 2 is 2.17 bits per heavy atom. The smallest absolute Gasteiger partial charge is 0.240 e. The van der Waals surface area contributed by atoms with Crippen LogP contribution in [0.5, 0.6) is 0 Å². The largest absolute Gasteiger partial charge is 0.394 e. The maximum Gasteiger partial charge on any atom is 0.240 e. The second-order valence-electron chi connectivity index (χ2n) is 5.02. The molecule has 0 atom stereocenters. The molecule has 6 heteroatoms. The average Bonchev–Trinajstić information content (AvgIpc) is 2.76. The minimum absolute atomic E-state index is 0.0372. The van der Waals surface area contributed by atoms with E-state index in [1.807, 2.05) is 0 Å². The number of aliphatic hydroxyl groups is 1. The van der Waals surface area contributed by atoms with Crippen LogP contribution in [0.2, 0.25) is 0 Å². The Morgan fingerprint density at radius 1 is 1.44 bits per heavy atom. The summed E-state index contributed by atoms with van der Waals surface area (Å²) in [6, 6.07) is 0. The molecule has 0 saturated carbocycles. The molecular weight excluding hydrogens is 236 g/mol. The first-order valence-electron chi connectivity index (χ1n) is 6.43. The zero-order chi connectivity index (χ0) is 13.0. The normalized spacial score (nSPS) is 23.2. The van der Waals surface area contributed by atoms with Gasteiger partial charge in [-0.3, -0.25) is 9.59 Å². The van der Waals surface area contributed by atoms with Crippen LogP contribution in [0.25, 0.3) is 0 Å². The van der Waals surface area contributed by atoms with Crippen LogP contribution in [0.4, 0.5) is 0 Å². The van der Waals surface area contributed by atoms with Crippen molar-refractivity contribution in [2.24, 2.45) is 0 Å². The van der Waals surface area contributed by atoms with Crippen molar-refractivity contribution in [2.75, 3.05) is 32.9 Å². The SMILES string of the molecule is O=C(CN1CCCC1=O)NC1(CO)CCOCC1. The first-order valence-corrected chi connectivity index (χ1v) is 6.43. The first-order chi connectivity index (χ1) is 8.65. The van der Waals surface area contributed by atoms with E-state index in [-0.39, 0.29) is 25.0 Å². The van der Waals surface area contributed by atoms with Crippen molar-refractivity contribution in [1.82, 2.24) is 10.2 Å². The number of hydrogen-bond acceptors (Lipinski definition) is 4. The molecule has 102 valence electrons. The van der Waals surface area contributed by atoms with Gasteiger partial charge in [0.2, 0.25) is 11.8 Å². The molecule has 2 fully saturated rings. The molecule has 0 aromatic rings. The van der Waals surface area contributed by atoms with Gasteiger partial charge in [0.15, 0.2) is 0 Å². The fraction of sp³-hybridized carbons (Fsp3) is 0.833. The lowest BCUT2D eigenvalue weighted by Gasteiger charge is -2.36. The van der Waals surface area contributed by atoms with Gasteiger partial charge in [-0.2, -0.15) is 0 Å². The number of aliphatic hydroxyl groups excluding tert-OH is 1. The molecular formula is C12H20N2O4. The number of rotatable bonds is 4. The molecule has 0 aromatic carbocycles. The number of ether oxygens (including phenoxy) is 1. The lowest BCUT2D eigenvalue weighted by atomic mass is 9.91. The molecule has 6 nitrogen and oxygen atoms in total. The second-order valence-corrected chi connectivity index (χ2v) is 5.02. The Kier molecular flexibility index (Phi) is 4.19. The molecule has 0 spiro atoms. The monoisotopic (exact) mass is 256 g/mol. The second kappa shape index (κ2) is 5.67. The highest BCUT2D eigenvalue weighted by molar-refractivity contribution is 5.86. The Hall–Kier alpha value is -1.14. The van der Waals surface area contributed by atoms with Crippen LogP contribution < -0.4 is 5.32 Å². The van der Waals surface area contributed by atoms with E-state index in [2.05, 4.69) is 5.32 Å². The van der Waals surface area contributed by atoms with Gasteiger partial charge in [-0.1, -0.05) is 0 Å². The summed E-state index contributed by atoms with van der Waals surface area (Å²) in [5, 5.41) is 12.3. The Morgan fingerprint density at radius 3 is 2.72 bits per heavy atom. The fourth-order valence-corrected chi connectivity index (χ4v) is 2.46. The number of likely N-dealkylation sites (tertiary alicyclic amines) is 1. The summed E-state index contributed by atoms with van der Waals surface area (Å²) in [7, 11) is 0. The van der Waals surface area contributed by atoms with E-state index in [9.17, 15) is 14.7 Å². The van der Waals surface area contributed by atoms with Crippen molar-refractivity contribution in [2.45, 2.75) is 31.2 Å². The number of amides is 2. The van der Waals surface area contributed by atoms with Crippen molar-refractivity contribution < 1.29 is 19.4 Å². The average molecular weight is 256 g/mol. The van der Waals surface area contributed by atoms with Crippen LogP contribution in [0.3, 0.4) is 0 Å². The summed E-state index contributed by atoms with van der Waals surface area (Å²) in [5.41, 5.74) is -0.571. The zero-order valence-electron chi connectivity index (χ0n) is 10.5. The summed E-state index contributed by atoms with van der Waals surface area (Å²) in [4.78, 5) is 24.9. The van der Waals surface area contributed by atoms with Gasteiger partial charge >= 0.3 is 0 Å². The lowest BCUT2D eigenvalue weighted by molar-refractivity contribution is -0.134. The van der Waals surface area contributed by atoms with Crippen LogP contribution >= 0.6 is 0 Å². The summed E-state index contributed by atoms with van der Waals surface area (Å²) < 4.78 is 5.23. The maximum atomic E-state index is 11.9. The van der Waals surface area contributed by atoms with E-state index in [1.165, 1.54) is 0 Å². The number of hydrogen-bond donors (Lipinski definition) is 2. The third-order valence-corrected chi connectivity index (χ3v) is 3.66. The number of nitrogens with one attached hydrogen (secondary N) is 1. The number of nitrogens with zero attached hydrogens (tertiary/aromatic N) is 1. The zero-order valence-corrected chi connectivity index (χ0v) is 10.5. The van der Waals surface area contributed by atoms with Gasteiger partial charge in [-0.05, 0) is 19.3 Å². The summed E-state index contributed by atoms with van der Waals surface area (Å²) in [6.45, 7) is 1.76. The molecule has 2 aliphatic rings. The van der Waals surface area contributed by atoms with Gasteiger partial charge in [0.1, 0.15) is 0 Å². The third kappa shape index (κ3) is 3.00. The van der Waals surface area contributed by atoms with Crippen molar-refractivity contribution in [1.29, 1.82) is 0 Å². The fourth-order valence-electron chi connectivity index (χ4n) is 2.46. The molecule has 2 amide bonds. The van der Waals surface area contributed by atoms with E-state index in [0.717, 1.165) is 6.42 Å². The number of carbonyl (C=O) groups is 2. The molecule has 2 saturated heterocycles. The van der Waals surface area contributed by atoms with Crippen molar-refractivity contribution in [3.8, 4) is 0 Å². The van der Waals surface area contributed by atoms with Crippen LogP contribution in [0, 0.1) is 0 Å². The minimum atomic E-state index is -0.571. The first kappa shape index (κ1) is 13.3. The summed E-state index contributed by atoms with van der Waals surface area (Å²) in [6.07, 6.45) is 2.59. The van der Waals surface area contributed by atoms with E-state index in [4.69, 9.17) is 4.74 Å². The maximum absolute atomic E-state index is 11.9. The topological polar surface area (TPSA) is 78.9 Å². The quantitative estimate of drug-likeness (QED) is 0.695. The van der Waals surface area contributed by atoms with Gasteiger partial charge in [0.25, 0.3) is 0 Å². The highest BCUT2D eigenvalue weighted by Gasteiger charge is 2.34. The Balaban J connectivity index is 1.87. The third-order valence-electron chi connectivity index (χ3n) is 3.66. The Labute approximate surface area is 106 Å². The molecule has 2 aliphatic heterocycles. The predicted molar refractivity (Wildman–Crippen MR) is 63.8 cm³/mol. The summed E-state index contributed by atoms with van der Waals surface area (Å²) >= 11 is 0. The predicted octanol–water partition coefficient (Wildman–Crippen LogP) is -0.733. The molecule has 2 N–H and O–H groups in total. The molecule has 0 bridgehead atoms. The van der Waals surface area contributed by atoms with Gasteiger partial charge in [0, 0.05) is 26.2 Å². The van der Waals surface area contributed by atoms with Crippen LogP contribution in [-0.4, -0.2) is 60.3 Å². The van der Waals surface area contributed by atoms with Crippen LogP contribution in [0.1, 0.15) is 25.7 Å². The molecule has 18 heavy (non-hydrogen) atoms. The van der Waals surface area contributed by atoms with Crippen molar-refractivity contribution in [3.63, 3.8) is 0 Å². The van der Waals surface area contributed by atoms with Gasteiger partial charge < -0.3 is 20.1 Å². The minimum Gasteiger partial charge on any atom is -0.394 e. The van der Waals surface area contributed by atoms with E-state index < -0.39 is 5.54 Å². The van der Waals surface area contributed by atoms with Gasteiger partial charge in [-0.15, -0.1) is 0 Å². The molecule has 0 aliphatic carbocycles. The molecule has 0 aromatic heterocycles. The Bertz CT molecular complexity index is 326. The summed E-state index contributed by atoms with van der Waals surface area (Å²) in [5.74, 6) is -0.156. The van der Waals surface area contributed by atoms with Crippen LogP contribution in [-0.2, 0) is 14.3 Å². The van der Waals surface area contributed by atoms with Gasteiger partial charge in [-0.25, -0.2) is 0 Å². The van der Waals surface area contributed by atoms with Crippen LogP contribution in [0.15, 0.2) is 0 Å². The highest BCUT2D eigenvalue weighted by Crippen LogP contribution is 2.20. The molecule has 0 radical (unpaired) electrons. The van der Waals surface area contributed by atoms with E-state index in [1.54, 1.807) is 4.90 Å². The van der Waals surface area contributed by atoms with E-state index >= 15 is 0 Å². The highest BCUT2D eigenvalue weighted by atomic mass is 16.5. The molecule has 2 rings (SSSR count). The standard InChI is InChI=1S/C12H20N2O4/c15-9-12(3-6-18-7-4-12)13-10(16)8-14-5-1-2-11(14)17/h15H,1-9H2,(H,13,16). The molecule has 0 unspecified atom stereocenters.